The molecule has 0 aromatic carbocycles. The summed E-state index contributed by atoms with van der Waals surface area (Å²) in [5.41, 5.74) is 0. The number of hydrogen-bond acceptors (Lipinski definition) is 3. The van der Waals surface area contributed by atoms with Gasteiger partial charge in [0.2, 0.25) is 6.29 Å². The summed E-state index contributed by atoms with van der Waals surface area (Å²) in [5.74, 6) is 1.000. The molecule has 0 radical (unpaired) electrons. The van der Waals surface area contributed by atoms with Crippen molar-refractivity contribution in [1.29, 1.82) is 0 Å². The Bertz CT molecular complexity index is 242. The number of carbonyl (C=O) groups excluding carboxylic acids is 1. The second kappa shape index (κ2) is 3.78. The first kappa shape index (κ1) is 9.64. The van der Waals surface area contributed by atoms with E-state index in [1.807, 2.05) is 0 Å². The van der Waals surface area contributed by atoms with Gasteiger partial charge in [0.15, 0.2) is 0 Å². The second-order valence-corrected chi connectivity index (χ2v) is 5.13. The first-order valence-corrected chi connectivity index (χ1v) is 6.18. The minimum Gasteiger partial charge on any atom is -0.435 e. The van der Waals surface area contributed by atoms with Gasteiger partial charge in [-0.2, -0.15) is 0 Å². The second-order valence-electron chi connectivity index (χ2n) is 5.13. The van der Waals surface area contributed by atoms with Gasteiger partial charge in [-0.1, -0.05) is 19.3 Å². The van der Waals surface area contributed by atoms with Crippen molar-refractivity contribution in [2.24, 2.45) is 11.8 Å². The predicted molar refractivity (Wildman–Crippen MR) is 54.1 cm³/mol. The fourth-order valence-corrected chi connectivity index (χ4v) is 3.25. The average Bonchev–Trinajstić information content (AvgIpc) is 2.76. The SMILES string of the molecule is O=C1C[C@H]2C[C@@H](C3CCCCC3)O[C@@H]2O1. The topological polar surface area (TPSA) is 35.5 Å². The van der Waals surface area contributed by atoms with Gasteiger partial charge in [-0.3, -0.25) is 4.79 Å². The standard InChI is InChI=1S/C12H18O3/c13-11-7-9-6-10(14-12(9)15-11)8-4-2-1-3-5-8/h8-10,12H,1-7H2/t9-,10+,12-/m1/s1. The highest BCUT2D eigenvalue weighted by Crippen LogP contribution is 2.41. The van der Waals surface area contributed by atoms with E-state index in [4.69, 9.17) is 9.47 Å². The molecule has 2 heterocycles. The molecule has 0 N–H and O–H groups in total. The summed E-state index contributed by atoms with van der Waals surface area (Å²) in [7, 11) is 0. The summed E-state index contributed by atoms with van der Waals surface area (Å²) < 4.78 is 11.0. The van der Waals surface area contributed by atoms with E-state index in [2.05, 4.69) is 0 Å². The molecule has 0 bridgehead atoms. The van der Waals surface area contributed by atoms with Gasteiger partial charge in [-0.25, -0.2) is 0 Å². The van der Waals surface area contributed by atoms with Crippen molar-refractivity contribution in [2.75, 3.05) is 0 Å². The Morgan fingerprint density at radius 3 is 2.60 bits per heavy atom. The van der Waals surface area contributed by atoms with Crippen LogP contribution in [0.3, 0.4) is 0 Å². The molecule has 2 saturated heterocycles. The van der Waals surface area contributed by atoms with Crippen LogP contribution in [-0.2, 0) is 14.3 Å². The van der Waals surface area contributed by atoms with E-state index in [9.17, 15) is 4.79 Å². The first-order valence-electron chi connectivity index (χ1n) is 6.18. The van der Waals surface area contributed by atoms with Gasteiger partial charge in [0.1, 0.15) is 0 Å². The summed E-state index contributed by atoms with van der Waals surface area (Å²) in [6.45, 7) is 0. The summed E-state index contributed by atoms with van der Waals surface area (Å²) in [6.07, 6.45) is 8.47. The summed E-state index contributed by atoms with van der Waals surface area (Å²) in [6, 6.07) is 0. The maximum atomic E-state index is 11.0. The highest BCUT2D eigenvalue weighted by atomic mass is 16.7. The number of fused-ring (bicyclic) bond motifs is 1. The van der Waals surface area contributed by atoms with Crippen LogP contribution in [-0.4, -0.2) is 18.4 Å². The Balaban J connectivity index is 1.60. The minimum absolute atomic E-state index is 0.0768. The fourth-order valence-electron chi connectivity index (χ4n) is 3.25. The zero-order chi connectivity index (χ0) is 10.3. The van der Waals surface area contributed by atoms with Crippen molar-refractivity contribution in [2.45, 2.75) is 57.3 Å². The zero-order valence-electron chi connectivity index (χ0n) is 8.98. The monoisotopic (exact) mass is 210 g/mol. The van der Waals surface area contributed by atoms with E-state index in [1.165, 1.54) is 32.1 Å². The van der Waals surface area contributed by atoms with Crippen LogP contribution in [0.25, 0.3) is 0 Å². The normalized spacial score (nSPS) is 41.6. The third-order valence-electron chi connectivity index (χ3n) is 4.08. The lowest BCUT2D eigenvalue weighted by molar-refractivity contribution is -0.167. The third kappa shape index (κ3) is 1.78. The van der Waals surface area contributed by atoms with Gasteiger partial charge >= 0.3 is 5.97 Å². The maximum absolute atomic E-state index is 11.0. The largest absolute Gasteiger partial charge is 0.435 e. The molecule has 0 spiro atoms. The Hall–Kier alpha value is -0.570. The number of ether oxygens (including phenoxy) is 2. The van der Waals surface area contributed by atoms with Gasteiger partial charge in [-0.15, -0.1) is 0 Å². The number of esters is 1. The molecule has 0 unspecified atom stereocenters. The lowest BCUT2D eigenvalue weighted by Crippen LogP contribution is -2.24. The van der Waals surface area contributed by atoms with Crippen molar-refractivity contribution < 1.29 is 14.3 Å². The third-order valence-corrected chi connectivity index (χ3v) is 4.08. The summed E-state index contributed by atoms with van der Waals surface area (Å²) in [4.78, 5) is 11.0. The average molecular weight is 210 g/mol. The molecule has 3 aliphatic rings. The van der Waals surface area contributed by atoms with Crippen LogP contribution in [0.2, 0.25) is 0 Å². The molecule has 1 saturated carbocycles. The van der Waals surface area contributed by atoms with Gasteiger partial charge in [0.05, 0.1) is 12.5 Å². The lowest BCUT2D eigenvalue weighted by Gasteiger charge is -2.27. The molecule has 3 rings (SSSR count). The van der Waals surface area contributed by atoms with E-state index in [0.29, 0.717) is 18.4 Å². The zero-order valence-corrected chi connectivity index (χ0v) is 8.98. The fraction of sp³-hybridized carbons (Fsp3) is 0.917. The molecule has 1 aliphatic carbocycles. The van der Waals surface area contributed by atoms with Crippen molar-refractivity contribution >= 4 is 5.97 Å². The molecular weight excluding hydrogens is 192 g/mol. The van der Waals surface area contributed by atoms with Gasteiger partial charge in [-0.05, 0) is 25.2 Å². The minimum atomic E-state index is -0.204. The molecule has 0 aromatic rings. The summed E-state index contributed by atoms with van der Waals surface area (Å²) in [5, 5.41) is 0. The quantitative estimate of drug-likeness (QED) is 0.623. The van der Waals surface area contributed by atoms with E-state index < -0.39 is 0 Å². The highest BCUT2D eigenvalue weighted by molar-refractivity contribution is 5.72. The molecule has 15 heavy (non-hydrogen) atoms. The van der Waals surface area contributed by atoms with E-state index in [-0.39, 0.29) is 12.3 Å². The van der Waals surface area contributed by atoms with Crippen LogP contribution < -0.4 is 0 Å². The van der Waals surface area contributed by atoms with Crippen molar-refractivity contribution in [3.05, 3.63) is 0 Å². The van der Waals surface area contributed by atoms with Gasteiger partial charge in [0.25, 0.3) is 0 Å². The Morgan fingerprint density at radius 2 is 1.87 bits per heavy atom. The number of hydrogen-bond donors (Lipinski definition) is 0. The number of rotatable bonds is 1. The van der Waals surface area contributed by atoms with E-state index in [1.54, 1.807) is 0 Å². The Labute approximate surface area is 90.1 Å². The van der Waals surface area contributed by atoms with Crippen LogP contribution in [0.5, 0.6) is 0 Å². The summed E-state index contributed by atoms with van der Waals surface area (Å²) >= 11 is 0. The molecule has 0 amide bonds. The Morgan fingerprint density at radius 1 is 1.07 bits per heavy atom. The molecular formula is C12H18O3. The Kier molecular flexibility index (Phi) is 2.43. The van der Waals surface area contributed by atoms with Crippen LogP contribution in [0, 0.1) is 11.8 Å². The van der Waals surface area contributed by atoms with Crippen LogP contribution in [0.1, 0.15) is 44.9 Å². The predicted octanol–water partition coefficient (Wildman–Crippen LogP) is 2.24. The molecule has 0 aromatic heterocycles. The molecule has 3 atom stereocenters. The van der Waals surface area contributed by atoms with Gasteiger partial charge < -0.3 is 9.47 Å². The number of carbonyl (C=O) groups is 1. The van der Waals surface area contributed by atoms with E-state index >= 15 is 0 Å². The highest BCUT2D eigenvalue weighted by Gasteiger charge is 2.46. The van der Waals surface area contributed by atoms with Crippen LogP contribution in [0.15, 0.2) is 0 Å². The first-order chi connectivity index (χ1) is 7.33. The molecule has 3 nitrogen and oxygen atoms in total. The smallest absolute Gasteiger partial charge is 0.308 e. The van der Waals surface area contributed by atoms with Gasteiger partial charge in [0, 0.05) is 5.92 Å². The lowest BCUT2D eigenvalue weighted by atomic mass is 9.83. The molecule has 3 heteroatoms. The molecule has 2 aliphatic heterocycles. The van der Waals surface area contributed by atoms with Crippen molar-refractivity contribution in [1.82, 2.24) is 0 Å². The van der Waals surface area contributed by atoms with Crippen molar-refractivity contribution in [3.63, 3.8) is 0 Å². The molecule has 3 fully saturated rings. The van der Waals surface area contributed by atoms with Crippen molar-refractivity contribution in [3.8, 4) is 0 Å². The van der Waals surface area contributed by atoms with Crippen LogP contribution in [0.4, 0.5) is 0 Å². The van der Waals surface area contributed by atoms with Crippen LogP contribution >= 0.6 is 0 Å². The van der Waals surface area contributed by atoms with E-state index in [0.717, 1.165) is 12.3 Å². The maximum Gasteiger partial charge on any atom is 0.308 e. The molecule has 84 valence electrons.